The summed E-state index contributed by atoms with van der Waals surface area (Å²) in [6.45, 7) is 4.43. The number of carbonyl (C=O) groups excluding carboxylic acids is 3. The number of benzene rings is 1. The summed E-state index contributed by atoms with van der Waals surface area (Å²) in [5.74, 6) is -0.247. The van der Waals surface area contributed by atoms with Crippen LogP contribution in [0.2, 0.25) is 0 Å². The van der Waals surface area contributed by atoms with Gasteiger partial charge in [0.25, 0.3) is 0 Å². The molecule has 2 aliphatic heterocycles. The number of likely N-dealkylation sites (N-methyl/N-ethyl adjacent to an activating group) is 1. The van der Waals surface area contributed by atoms with E-state index in [-0.39, 0.29) is 30.4 Å². The number of nitrogens with zero attached hydrogens (tertiary/aromatic N) is 2. The van der Waals surface area contributed by atoms with Gasteiger partial charge in [-0.3, -0.25) is 19.4 Å². The highest BCUT2D eigenvalue weighted by Crippen LogP contribution is 2.21. The molecule has 0 bridgehead atoms. The zero-order valence-electron chi connectivity index (χ0n) is 15.5. The van der Waals surface area contributed by atoms with Crippen LogP contribution >= 0.6 is 0 Å². The predicted molar refractivity (Wildman–Crippen MR) is 98.8 cm³/mol. The Morgan fingerprint density at radius 2 is 2.04 bits per heavy atom. The Labute approximate surface area is 158 Å². The molecule has 1 aromatic carbocycles. The van der Waals surface area contributed by atoms with E-state index in [0.29, 0.717) is 39.2 Å². The molecular formula is C19H26N4O4. The quantitative estimate of drug-likeness (QED) is 0.718. The summed E-state index contributed by atoms with van der Waals surface area (Å²) < 4.78 is 4.84. The first kappa shape index (κ1) is 19.2. The third-order valence-corrected chi connectivity index (χ3v) is 4.83. The van der Waals surface area contributed by atoms with Gasteiger partial charge in [0.2, 0.25) is 11.8 Å². The number of likely N-dealkylation sites (tertiary alicyclic amines) is 1. The molecule has 0 aromatic heterocycles. The minimum absolute atomic E-state index is 0.0140. The standard InChI is InChI=1S/C19H26N4O4/c1-2-20-18(25)16-10-15(12-23(16)11-14-6-4-3-5-7-14)21-17(24)13-22-8-9-27-19(22)26/h3-7,15-16H,2,8-13H2,1H3,(H,20,25)(H,21,24)/t15-,16+/m1/s1. The normalized spacial score (nSPS) is 22.6. The summed E-state index contributed by atoms with van der Waals surface area (Å²) in [6.07, 6.45) is 0.0944. The maximum atomic E-state index is 12.5. The molecule has 3 amide bonds. The molecule has 0 unspecified atom stereocenters. The third-order valence-electron chi connectivity index (χ3n) is 4.83. The molecule has 2 saturated heterocycles. The van der Waals surface area contributed by atoms with Crippen molar-refractivity contribution in [3.8, 4) is 0 Å². The maximum Gasteiger partial charge on any atom is 0.410 e. The lowest BCUT2D eigenvalue weighted by atomic mass is 10.1. The van der Waals surface area contributed by atoms with E-state index < -0.39 is 6.09 Å². The molecule has 2 atom stereocenters. The van der Waals surface area contributed by atoms with Gasteiger partial charge in [-0.2, -0.15) is 0 Å². The van der Waals surface area contributed by atoms with Crippen molar-refractivity contribution in [2.75, 3.05) is 32.8 Å². The lowest BCUT2D eigenvalue weighted by molar-refractivity contribution is -0.125. The fourth-order valence-electron chi connectivity index (χ4n) is 3.58. The van der Waals surface area contributed by atoms with Crippen LogP contribution in [0.4, 0.5) is 4.79 Å². The van der Waals surface area contributed by atoms with Gasteiger partial charge in [-0.05, 0) is 18.9 Å². The number of carbonyl (C=O) groups is 3. The Morgan fingerprint density at radius 1 is 1.26 bits per heavy atom. The van der Waals surface area contributed by atoms with Gasteiger partial charge >= 0.3 is 6.09 Å². The van der Waals surface area contributed by atoms with Gasteiger partial charge < -0.3 is 15.4 Å². The zero-order valence-corrected chi connectivity index (χ0v) is 15.5. The molecule has 0 spiro atoms. The van der Waals surface area contributed by atoms with Crippen molar-refractivity contribution in [2.45, 2.75) is 32.0 Å². The van der Waals surface area contributed by atoms with Gasteiger partial charge in [-0.25, -0.2) is 4.79 Å². The summed E-state index contributed by atoms with van der Waals surface area (Å²) in [5.41, 5.74) is 1.12. The van der Waals surface area contributed by atoms with Crippen LogP contribution in [-0.4, -0.2) is 72.6 Å². The molecule has 0 aliphatic carbocycles. The fourth-order valence-corrected chi connectivity index (χ4v) is 3.58. The van der Waals surface area contributed by atoms with Crippen LogP contribution in [-0.2, 0) is 20.9 Å². The first-order valence-corrected chi connectivity index (χ1v) is 9.33. The summed E-state index contributed by atoms with van der Waals surface area (Å²) >= 11 is 0. The predicted octanol–water partition coefficient (Wildman–Crippen LogP) is 0.334. The van der Waals surface area contributed by atoms with Gasteiger partial charge in [0.15, 0.2) is 0 Å². The number of hydrogen-bond donors (Lipinski definition) is 2. The zero-order chi connectivity index (χ0) is 19.2. The average Bonchev–Trinajstić information content (AvgIpc) is 3.22. The second kappa shape index (κ2) is 8.85. The van der Waals surface area contributed by atoms with Crippen molar-refractivity contribution in [1.82, 2.24) is 20.4 Å². The summed E-state index contributed by atoms with van der Waals surface area (Å²) in [5, 5.41) is 5.84. The second-order valence-corrected chi connectivity index (χ2v) is 6.86. The van der Waals surface area contributed by atoms with Crippen LogP contribution in [0, 0.1) is 0 Å². The minimum atomic E-state index is -0.456. The van der Waals surface area contributed by atoms with Gasteiger partial charge in [-0.15, -0.1) is 0 Å². The molecule has 27 heavy (non-hydrogen) atoms. The van der Waals surface area contributed by atoms with Crippen LogP contribution < -0.4 is 10.6 Å². The minimum Gasteiger partial charge on any atom is -0.448 e. The smallest absolute Gasteiger partial charge is 0.410 e. The average molecular weight is 374 g/mol. The van der Waals surface area contributed by atoms with Crippen molar-refractivity contribution in [1.29, 1.82) is 0 Å². The Hall–Kier alpha value is -2.61. The van der Waals surface area contributed by atoms with E-state index in [9.17, 15) is 14.4 Å². The van der Waals surface area contributed by atoms with Gasteiger partial charge in [0.05, 0.1) is 12.6 Å². The van der Waals surface area contributed by atoms with E-state index in [2.05, 4.69) is 15.5 Å². The molecule has 0 saturated carbocycles. The Balaban J connectivity index is 1.60. The molecule has 0 radical (unpaired) electrons. The highest BCUT2D eigenvalue weighted by atomic mass is 16.6. The lowest BCUT2D eigenvalue weighted by Gasteiger charge is -2.23. The molecule has 2 fully saturated rings. The molecule has 146 valence electrons. The summed E-state index contributed by atoms with van der Waals surface area (Å²) in [4.78, 5) is 39.7. The number of amides is 3. The second-order valence-electron chi connectivity index (χ2n) is 6.86. The Bertz CT molecular complexity index is 682. The van der Waals surface area contributed by atoms with Crippen LogP contribution in [0.15, 0.2) is 30.3 Å². The topological polar surface area (TPSA) is 91.0 Å². The number of rotatable bonds is 7. The first-order valence-electron chi connectivity index (χ1n) is 9.33. The fraction of sp³-hybridized carbons (Fsp3) is 0.526. The lowest BCUT2D eigenvalue weighted by Crippen LogP contribution is -2.43. The molecular weight excluding hydrogens is 348 g/mol. The molecule has 2 heterocycles. The third kappa shape index (κ3) is 4.97. The number of hydrogen-bond acceptors (Lipinski definition) is 5. The van der Waals surface area contributed by atoms with E-state index in [4.69, 9.17) is 4.74 Å². The number of cyclic esters (lactones) is 1. The molecule has 1 aromatic rings. The highest BCUT2D eigenvalue weighted by Gasteiger charge is 2.37. The van der Waals surface area contributed by atoms with Crippen molar-refractivity contribution in [3.05, 3.63) is 35.9 Å². The number of nitrogens with one attached hydrogen (secondary N) is 2. The van der Waals surface area contributed by atoms with Crippen molar-refractivity contribution in [3.63, 3.8) is 0 Å². The van der Waals surface area contributed by atoms with E-state index in [0.717, 1.165) is 5.56 Å². The van der Waals surface area contributed by atoms with Gasteiger partial charge in [0, 0.05) is 25.7 Å². The van der Waals surface area contributed by atoms with Crippen LogP contribution in [0.5, 0.6) is 0 Å². The van der Waals surface area contributed by atoms with E-state index in [1.807, 2.05) is 37.3 Å². The first-order chi connectivity index (χ1) is 13.1. The monoisotopic (exact) mass is 374 g/mol. The van der Waals surface area contributed by atoms with E-state index >= 15 is 0 Å². The van der Waals surface area contributed by atoms with E-state index in [1.54, 1.807) is 0 Å². The van der Waals surface area contributed by atoms with Gasteiger partial charge in [-0.1, -0.05) is 30.3 Å². The largest absolute Gasteiger partial charge is 0.448 e. The highest BCUT2D eigenvalue weighted by molar-refractivity contribution is 5.84. The van der Waals surface area contributed by atoms with Crippen LogP contribution in [0.1, 0.15) is 18.9 Å². The van der Waals surface area contributed by atoms with Crippen LogP contribution in [0.3, 0.4) is 0 Å². The summed E-state index contributed by atoms with van der Waals surface area (Å²) in [7, 11) is 0. The van der Waals surface area contributed by atoms with Crippen molar-refractivity contribution < 1.29 is 19.1 Å². The van der Waals surface area contributed by atoms with Crippen molar-refractivity contribution >= 4 is 17.9 Å². The SMILES string of the molecule is CCNC(=O)[C@@H]1C[C@@H](NC(=O)CN2CCOC2=O)CN1Cc1ccccc1. The Kier molecular flexibility index (Phi) is 6.28. The summed E-state index contributed by atoms with van der Waals surface area (Å²) in [6, 6.07) is 9.54. The number of ether oxygens (including phenoxy) is 1. The van der Waals surface area contributed by atoms with Gasteiger partial charge in [0.1, 0.15) is 13.2 Å². The molecule has 8 nitrogen and oxygen atoms in total. The molecule has 3 rings (SSSR count). The van der Waals surface area contributed by atoms with Crippen LogP contribution in [0.25, 0.3) is 0 Å². The molecule has 8 heteroatoms. The van der Waals surface area contributed by atoms with E-state index in [1.165, 1.54) is 4.90 Å². The maximum absolute atomic E-state index is 12.5. The molecule has 2 aliphatic rings. The van der Waals surface area contributed by atoms with Crippen molar-refractivity contribution in [2.24, 2.45) is 0 Å². The molecule has 2 N–H and O–H groups in total. The Morgan fingerprint density at radius 3 is 2.70 bits per heavy atom.